The minimum atomic E-state index is -0.334. The Morgan fingerprint density at radius 2 is 1.84 bits per heavy atom. The van der Waals surface area contributed by atoms with E-state index in [1.165, 1.54) is 32.1 Å². The summed E-state index contributed by atoms with van der Waals surface area (Å²) in [5.74, 6) is 0.267. The molecule has 140 valence electrons. The topological polar surface area (TPSA) is 36.4 Å². The molecule has 1 aromatic rings. The smallest absolute Gasteiger partial charge is 0.228 e. The van der Waals surface area contributed by atoms with Crippen LogP contribution in [-0.2, 0) is 11.3 Å². The standard InChI is InChI=1S/C20H33N3OS/c1-5-22(17-11-12-17)19-21-15(14-25-19)13-23(18(24)20(2,3)4)16-9-7-6-8-10-16/h14,16-17H,5-13H2,1-4H3. The summed E-state index contributed by atoms with van der Waals surface area (Å²) >= 11 is 1.74. The molecule has 0 aromatic carbocycles. The zero-order valence-corrected chi connectivity index (χ0v) is 17.1. The van der Waals surface area contributed by atoms with Crippen LogP contribution in [0, 0.1) is 5.41 Å². The summed E-state index contributed by atoms with van der Waals surface area (Å²) in [6.07, 6.45) is 8.66. The molecular weight excluding hydrogens is 330 g/mol. The van der Waals surface area contributed by atoms with Crippen molar-refractivity contribution in [3.8, 4) is 0 Å². The molecule has 0 atom stereocenters. The quantitative estimate of drug-likeness (QED) is 0.725. The van der Waals surface area contributed by atoms with Crippen LogP contribution in [0.15, 0.2) is 5.38 Å². The zero-order chi connectivity index (χ0) is 18.0. The Labute approximate surface area is 156 Å². The molecule has 0 saturated heterocycles. The molecule has 0 unspecified atom stereocenters. The van der Waals surface area contributed by atoms with Crippen LogP contribution in [0.2, 0.25) is 0 Å². The second-order valence-electron chi connectivity index (χ2n) is 8.61. The minimum absolute atomic E-state index is 0.267. The van der Waals surface area contributed by atoms with Gasteiger partial charge in [-0.1, -0.05) is 40.0 Å². The van der Waals surface area contributed by atoms with Crippen molar-refractivity contribution in [1.82, 2.24) is 9.88 Å². The van der Waals surface area contributed by atoms with Gasteiger partial charge < -0.3 is 9.80 Å². The van der Waals surface area contributed by atoms with E-state index in [4.69, 9.17) is 4.98 Å². The molecule has 3 rings (SSSR count). The first-order chi connectivity index (χ1) is 11.9. The SMILES string of the molecule is CCN(c1nc(CN(C(=O)C(C)(C)C)C2CCCCC2)cs1)C1CC1. The van der Waals surface area contributed by atoms with Crippen molar-refractivity contribution >= 4 is 22.4 Å². The highest BCUT2D eigenvalue weighted by molar-refractivity contribution is 7.13. The molecule has 0 spiro atoms. The Balaban J connectivity index is 1.75. The highest BCUT2D eigenvalue weighted by atomic mass is 32.1. The fourth-order valence-electron chi connectivity index (χ4n) is 3.80. The van der Waals surface area contributed by atoms with Gasteiger partial charge in [0.2, 0.25) is 5.91 Å². The van der Waals surface area contributed by atoms with Gasteiger partial charge in [-0.15, -0.1) is 11.3 Å². The minimum Gasteiger partial charge on any atom is -0.345 e. The van der Waals surface area contributed by atoms with E-state index in [2.05, 4.69) is 22.1 Å². The van der Waals surface area contributed by atoms with E-state index in [-0.39, 0.29) is 11.3 Å². The van der Waals surface area contributed by atoms with Crippen LogP contribution < -0.4 is 4.90 Å². The van der Waals surface area contributed by atoms with E-state index in [1.807, 2.05) is 20.8 Å². The van der Waals surface area contributed by atoms with Crippen molar-refractivity contribution in [2.75, 3.05) is 11.4 Å². The normalized spacial score (nSPS) is 19.0. The third-order valence-electron chi connectivity index (χ3n) is 5.36. The number of anilines is 1. The van der Waals surface area contributed by atoms with Crippen molar-refractivity contribution in [2.24, 2.45) is 5.41 Å². The van der Waals surface area contributed by atoms with Crippen LogP contribution in [0.3, 0.4) is 0 Å². The molecule has 25 heavy (non-hydrogen) atoms. The first kappa shape index (κ1) is 18.7. The number of amides is 1. The van der Waals surface area contributed by atoms with Crippen LogP contribution in [0.25, 0.3) is 0 Å². The van der Waals surface area contributed by atoms with Gasteiger partial charge in [0.15, 0.2) is 5.13 Å². The highest BCUT2D eigenvalue weighted by Crippen LogP contribution is 2.34. The van der Waals surface area contributed by atoms with E-state index in [1.54, 1.807) is 11.3 Å². The first-order valence-electron chi connectivity index (χ1n) is 9.92. The van der Waals surface area contributed by atoms with Gasteiger partial charge in [0.25, 0.3) is 0 Å². The zero-order valence-electron chi connectivity index (χ0n) is 16.3. The number of hydrogen-bond acceptors (Lipinski definition) is 4. The molecule has 2 saturated carbocycles. The number of aromatic nitrogens is 1. The summed E-state index contributed by atoms with van der Waals surface area (Å²) in [6, 6.07) is 1.07. The maximum Gasteiger partial charge on any atom is 0.228 e. The van der Waals surface area contributed by atoms with Gasteiger partial charge in [-0.3, -0.25) is 4.79 Å². The first-order valence-corrected chi connectivity index (χ1v) is 10.8. The predicted octanol–water partition coefficient (Wildman–Crippen LogP) is 4.84. The van der Waals surface area contributed by atoms with Gasteiger partial charge in [0.05, 0.1) is 12.2 Å². The van der Waals surface area contributed by atoms with E-state index in [0.29, 0.717) is 18.6 Å². The molecule has 1 heterocycles. The van der Waals surface area contributed by atoms with Gasteiger partial charge in [0, 0.05) is 29.4 Å². The van der Waals surface area contributed by atoms with Crippen LogP contribution in [0.5, 0.6) is 0 Å². The van der Waals surface area contributed by atoms with E-state index in [9.17, 15) is 4.79 Å². The van der Waals surface area contributed by atoms with Gasteiger partial charge in [-0.25, -0.2) is 4.98 Å². The molecule has 2 fully saturated rings. The second-order valence-corrected chi connectivity index (χ2v) is 9.45. The molecule has 4 nitrogen and oxygen atoms in total. The van der Waals surface area contributed by atoms with Crippen molar-refractivity contribution < 1.29 is 4.79 Å². The fraction of sp³-hybridized carbons (Fsp3) is 0.800. The van der Waals surface area contributed by atoms with E-state index >= 15 is 0 Å². The molecule has 0 radical (unpaired) electrons. The molecule has 0 aliphatic heterocycles. The number of carbonyl (C=O) groups is 1. The molecule has 2 aliphatic carbocycles. The molecule has 2 aliphatic rings. The molecule has 0 bridgehead atoms. The third-order valence-corrected chi connectivity index (χ3v) is 6.29. The summed E-state index contributed by atoms with van der Waals surface area (Å²) in [4.78, 5) is 22.5. The Hall–Kier alpha value is -1.10. The van der Waals surface area contributed by atoms with Crippen molar-refractivity contribution in [3.05, 3.63) is 11.1 Å². The van der Waals surface area contributed by atoms with Crippen LogP contribution in [0.4, 0.5) is 5.13 Å². The highest BCUT2D eigenvalue weighted by Gasteiger charge is 2.34. The molecule has 5 heteroatoms. The lowest BCUT2D eigenvalue weighted by atomic mass is 9.89. The Morgan fingerprint density at radius 3 is 2.40 bits per heavy atom. The van der Waals surface area contributed by atoms with Gasteiger partial charge in [0.1, 0.15) is 0 Å². The molecule has 1 amide bonds. The summed E-state index contributed by atoms with van der Waals surface area (Å²) in [5, 5.41) is 3.29. The summed E-state index contributed by atoms with van der Waals surface area (Å²) in [7, 11) is 0. The van der Waals surface area contributed by atoms with Gasteiger partial charge in [-0.05, 0) is 32.6 Å². The number of rotatable bonds is 6. The van der Waals surface area contributed by atoms with Crippen LogP contribution in [-0.4, -0.2) is 34.4 Å². The monoisotopic (exact) mass is 363 g/mol. The second kappa shape index (κ2) is 7.65. The maximum absolute atomic E-state index is 13.1. The lowest BCUT2D eigenvalue weighted by Crippen LogP contribution is -2.46. The Bertz CT molecular complexity index is 582. The number of thiazole rings is 1. The fourth-order valence-corrected chi connectivity index (χ4v) is 4.75. The number of hydrogen-bond donors (Lipinski definition) is 0. The predicted molar refractivity (Wildman–Crippen MR) is 105 cm³/mol. The van der Waals surface area contributed by atoms with Crippen molar-refractivity contribution in [2.45, 2.75) is 91.3 Å². The lowest BCUT2D eigenvalue weighted by molar-refractivity contribution is -0.143. The average molecular weight is 364 g/mol. The van der Waals surface area contributed by atoms with E-state index < -0.39 is 0 Å². The lowest BCUT2D eigenvalue weighted by Gasteiger charge is -2.37. The molecule has 0 N–H and O–H groups in total. The Morgan fingerprint density at radius 1 is 1.16 bits per heavy atom. The number of carbonyl (C=O) groups excluding carboxylic acids is 1. The largest absolute Gasteiger partial charge is 0.345 e. The Kier molecular flexibility index (Phi) is 5.71. The van der Waals surface area contributed by atoms with Crippen molar-refractivity contribution in [1.29, 1.82) is 0 Å². The maximum atomic E-state index is 13.1. The van der Waals surface area contributed by atoms with E-state index in [0.717, 1.165) is 30.2 Å². The third kappa shape index (κ3) is 4.55. The summed E-state index contributed by atoms with van der Waals surface area (Å²) < 4.78 is 0. The van der Waals surface area contributed by atoms with Gasteiger partial charge in [-0.2, -0.15) is 0 Å². The molecular formula is C20H33N3OS. The summed E-state index contributed by atoms with van der Waals surface area (Å²) in [5.41, 5.74) is 0.724. The van der Waals surface area contributed by atoms with Crippen LogP contribution in [0.1, 0.15) is 78.3 Å². The van der Waals surface area contributed by atoms with Crippen molar-refractivity contribution in [3.63, 3.8) is 0 Å². The number of nitrogens with zero attached hydrogens (tertiary/aromatic N) is 3. The van der Waals surface area contributed by atoms with Crippen LogP contribution >= 0.6 is 11.3 Å². The summed E-state index contributed by atoms with van der Waals surface area (Å²) in [6.45, 7) is 9.98. The molecule has 1 aromatic heterocycles. The van der Waals surface area contributed by atoms with Gasteiger partial charge >= 0.3 is 0 Å². The average Bonchev–Trinajstić information content (AvgIpc) is 3.31.